The number of para-hydroxylation sites is 1. The van der Waals surface area contributed by atoms with Crippen LogP contribution in [-0.2, 0) is 0 Å². The minimum atomic E-state index is 0.316. The van der Waals surface area contributed by atoms with Gasteiger partial charge in [-0.05, 0) is 81.7 Å². The highest BCUT2D eigenvalue weighted by Crippen LogP contribution is 2.26. The van der Waals surface area contributed by atoms with E-state index in [1.165, 1.54) is 0 Å². The molecule has 2 aromatic carbocycles. The molecule has 1 unspecified atom stereocenters. The number of nitrogens with zero attached hydrogens (tertiary/aromatic N) is 3. The molecule has 0 saturated heterocycles. The summed E-state index contributed by atoms with van der Waals surface area (Å²) < 4.78 is 0. The van der Waals surface area contributed by atoms with Crippen molar-refractivity contribution in [3.05, 3.63) is 63.4 Å². The summed E-state index contributed by atoms with van der Waals surface area (Å²) in [6, 6.07) is 12.1. The zero-order chi connectivity index (χ0) is 23.1. The molecule has 4 nitrogen and oxygen atoms in total. The van der Waals surface area contributed by atoms with Crippen molar-refractivity contribution in [2.45, 2.75) is 46.6 Å². The average Bonchev–Trinajstić information content (AvgIpc) is 2.78. The van der Waals surface area contributed by atoms with Crippen molar-refractivity contribution in [2.75, 3.05) is 25.0 Å². The van der Waals surface area contributed by atoms with Gasteiger partial charge in [0.1, 0.15) is 5.82 Å². The summed E-state index contributed by atoms with van der Waals surface area (Å²) in [6.07, 6.45) is 6.12. The average molecular weight is 471 g/mol. The fourth-order valence-electron chi connectivity index (χ4n) is 3.75. The van der Waals surface area contributed by atoms with Crippen LogP contribution < -0.4 is 5.32 Å². The Morgan fingerprint density at radius 1 is 1.03 bits per heavy atom. The molecule has 32 heavy (non-hydrogen) atoms. The molecule has 3 aromatic rings. The van der Waals surface area contributed by atoms with E-state index in [1.807, 2.05) is 24.3 Å². The predicted octanol–water partition coefficient (Wildman–Crippen LogP) is 7.34. The highest BCUT2D eigenvalue weighted by Gasteiger charge is 2.11. The van der Waals surface area contributed by atoms with Crippen LogP contribution in [0.1, 0.15) is 50.6 Å². The first-order valence-electron chi connectivity index (χ1n) is 11.3. The Hall–Kier alpha value is -2.14. The molecular weight excluding hydrogens is 439 g/mol. The third kappa shape index (κ3) is 6.44. The van der Waals surface area contributed by atoms with E-state index in [1.54, 1.807) is 6.07 Å². The number of halogens is 2. The van der Waals surface area contributed by atoms with Gasteiger partial charge in [-0.2, -0.15) is 0 Å². The molecule has 0 aliphatic heterocycles. The normalized spacial score (nSPS) is 12.7. The van der Waals surface area contributed by atoms with Crippen molar-refractivity contribution in [3.63, 3.8) is 0 Å². The second-order valence-electron chi connectivity index (χ2n) is 8.12. The van der Waals surface area contributed by atoms with E-state index < -0.39 is 0 Å². The molecule has 0 saturated carbocycles. The summed E-state index contributed by atoms with van der Waals surface area (Å²) in [5.74, 6) is 1.54. The molecule has 0 aliphatic carbocycles. The summed E-state index contributed by atoms with van der Waals surface area (Å²) in [4.78, 5) is 12.1. The highest BCUT2D eigenvalue weighted by atomic mass is 35.5. The van der Waals surface area contributed by atoms with Gasteiger partial charge in [-0.3, -0.25) is 0 Å². The van der Waals surface area contributed by atoms with Crippen LogP contribution in [-0.4, -0.2) is 40.5 Å². The Morgan fingerprint density at radius 2 is 1.81 bits per heavy atom. The fraction of sp³-hybridized carbons (Fsp3) is 0.385. The third-order valence-corrected chi connectivity index (χ3v) is 6.44. The molecule has 1 N–H and O–H groups in total. The van der Waals surface area contributed by atoms with Crippen molar-refractivity contribution < 1.29 is 0 Å². The Balaban J connectivity index is 1.82. The summed E-state index contributed by atoms with van der Waals surface area (Å²) >= 11 is 12.2. The van der Waals surface area contributed by atoms with Gasteiger partial charge in [-0.15, -0.1) is 0 Å². The van der Waals surface area contributed by atoms with E-state index in [-0.39, 0.29) is 0 Å². The van der Waals surface area contributed by atoms with E-state index >= 15 is 0 Å². The van der Waals surface area contributed by atoms with Crippen molar-refractivity contribution in [2.24, 2.45) is 0 Å². The lowest BCUT2D eigenvalue weighted by atomic mass is 10.1. The van der Waals surface area contributed by atoms with E-state index in [4.69, 9.17) is 33.2 Å². The standard InChI is InChI=1S/C26H32Cl2N4/c1-5-32(6-2)16-8-10-19(4)29-26-21-11-7-9-18(3)25(21)30-24(31-26)15-13-20-12-14-22(27)23(28)17-20/h7,9,11-15,17,19H,5-6,8,10,16H2,1-4H3,(H,29,30,31)/b15-13+. The van der Waals surface area contributed by atoms with Gasteiger partial charge in [0, 0.05) is 11.4 Å². The second-order valence-corrected chi connectivity index (χ2v) is 8.94. The second kappa shape index (κ2) is 11.6. The molecular formula is C26H32Cl2N4. The van der Waals surface area contributed by atoms with Crippen LogP contribution in [0.15, 0.2) is 36.4 Å². The monoisotopic (exact) mass is 470 g/mol. The van der Waals surface area contributed by atoms with Crippen molar-refractivity contribution in [1.82, 2.24) is 14.9 Å². The SMILES string of the molecule is CCN(CC)CCCC(C)Nc1nc(/C=C/c2ccc(Cl)c(Cl)c2)nc2c(C)cccc12. The lowest BCUT2D eigenvalue weighted by Crippen LogP contribution is -2.25. The molecule has 1 aromatic heterocycles. The number of aryl methyl sites for hydroxylation is 1. The Morgan fingerprint density at radius 3 is 2.53 bits per heavy atom. The van der Waals surface area contributed by atoms with Gasteiger partial charge in [0.2, 0.25) is 0 Å². The third-order valence-electron chi connectivity index (χ3n) is 5.70. The van der Waals surface area contributed by atoms with Gasteiger partial charge in [-0.1, -0.05) is 61.3 Å². The summed E-state index contributed by atoms with van der Waals surface area (Å²) in [5.41, 5.74) is 3.05. The zero-order valence-corrected chi connectivity index (χ0v) is 20.8. The van der Waals surface area contributed by atoms with Crippen molar-refractivity contribution in [3.8, 4) is 0 Å². The van der Waals surface area contributed by atoms with Gasteiger partial charge in [0.05, 0.1) is 15.6 Å². The smallest absolute Gasteiger partial charge is 0.154 e. The van der Waals surface area contributed by atoms with Gasteiger partial charge < -0.3 is 10.2 Å². The molecule has 0 bridgehead atoms. The topological polar surface area (TPSA) is 41.0 Å². The molecule has 1 heterocycles. The van der Waals surface area contributed by atoms with Crippen molar-refractivity contribution >= 4 is 52.1 Å². The van der Waals surface area contributed by atoms with Crippen LogP contribution in [0, 0.1) is 6.92 Å². The Bertz CT molecular complexity index is 1080. The van der Waals surface area contributed by atoms with Gasteiger partial charge in [0.15, 0.2) is 5.82 Å². The predicted molar refractivity (Wildman–Crippen MR) is 140 cm³/mol. The van der Waals surface area contributed by atoms with Gasteiger partial charge >= 0.3 is 0 Å². The van der Waals surface area contributed by atoms with Crippen LogP contribution in [0.2, 0.25) is 10.0 Å². The van der Waals surface area contributed by atoms with Crippen molar-refractivity contribution in [1.29, 1.82) is 0 Å². The van der Waals surface area contributed by atoms with E-state index in [0.717, 1.165) is 60.3 Å². The Labute approximate surface area is 201 Å². The quantitative estimate of drug-likeness (QED) is 0.336. The van der Waals surface area contributed by atoms with Crippen LogP contribution in [0.4, 0.5) is 5.82 Å². The summed E-state index contributed by atoms with van der Waals surface area (Å²) in [7, 11) is 0. The van der Waals surface area contributed by atoms with Crippen LogP contribution in [0.25, 0.3) is 23.1 Å². The summed E-state index contributed by atoms with van der Waals surface area (Å²) in [6.45, 7) is 12.1. The first-order chi connectivity index (χ1) is 15.4. The largest absolute Gasteiger partial charge is 0.367 e. The molecule has 170 valence electrons. The van der Waals surface area contributed by atoms with E-state index in [9.17, 15) is 0 Å². The van der Waals surface area contributed by atoms with Crippen LogP contribution in [0.3, 0.4) is 0 Å². The highest BCUT2D eigenvalue weighted by molar-refractivity contribution is 6.42. The van der Waals surface area contributed by atoms with Crippen LogP contribution in [0.5, 0.6) is 0 Å². The molecule has 1 atom stereocenters. The number of rotatable bonds is 10. The number of hydrogen-bond acceptors (Lipinski definition) is 4. The molecule has 0 aliphatic rings. The number of benzene rings is 2. The first kappa shape index (κ1) is 24.5. The van der Waals surface area contributed by atoms with E-state index in [0.29, 0.717) is 21.9 Å². The number of aromatic nitrogens is 2. The zero-order valence-electron chi connectivity index (χ0n) is 19.3. The molecule has 0 amide bonds. The Kier molecular flexibility index (Phi) is 8.92. The molecule has 0 radical (unpaired) electrons. The molecule has 3 rings (SSSR count). The minimum Gasteiger partial charge on any atom is -0.367 e. The van der Waals surface area contributed by atoms with E-state index in [2.05, 4.69) is 56.1 Å². The lowest BCUT2D eigenvalue weighted by Gasteiger charge is -2.20. The maximum Gasteiger partial charge on any atom is 0.154 e. The van der Waals surface area contributed by atoms with Gasteiger partial charge in [-0.25, -0.2) is 9.97 Å². The minimum absolute atomic E-state index is 0.316. The first-order valence-corrected chi connectivity index (χ1v) is 12.1. The summed E-state index contributed by atoms with van der Waals surface area (Å²) in [5, 5.41) is 5.76. The number of nitrogens with one attached hydrogen (secondary N) is 1. The molecule has 0 fully saturated rings. The number of anilines is 1. The maximum absolute atomic E-state index is 6.15. The molecule has 6 heteroatoms. The lowest BCUT2D eigenvalue weighted by molar-refractivity contribution is 0.295. The number of hydrogen-bond donors (Lipinski definition) is 1. The molecule has 0 spiro atoms. The van der Waals surface area contributed by atoms with Crippen LogP contribution >= 0.6 is 23.2 Å². The maximum atomic E-state index is 6.15. The fourth-order valence-corrected chi connectivity index (χ4v) is 4.06. The number of fused-ring (bicyclic) bond motifs is 1. The van der Waals surface area contributed by atoms with Gasteiger partial charge in [0.25, 0.3) is 0 Å².